The number of carbonyl (C=O) groups excluding carboxylic acids is 2. The predicted octanol–water partition coefficient (Wildman–Crippen LogP) is 3.21. The highest BCUT2D eigenvalue weighted by Gasteiger charge is 2.39. The van der Waals surface area contributed by atoms with E-state index in [0.29, 0.717) is 19.4 Å². The Morgan fingerprint density at radius 1 is 1.09 bits per heavy atom. The van der Waals surface area contributed by atoms with E-state index in [2.05, 4.69) is 5.32 Å². The molecule has 0 bridgehead atoms. The fourth-order valence-corrected chi connectivity index (χ4v) is 5.49. The van der Waals surface area contributed by atoms with Crippen LogP contribution in [0, 0.1) is 12.8 Å². The van der Waals surface area contributed by atoms with Crippen LogP contribution in [0.5, 0.6) is 0 Å². The second kappa shape index (κ2) is 9.06. The minimum atomic E-state index is -3.58. The molecule has 0 aromatic heterocycles. The number of nitrogens with zero attached hydrogens (tertiary/aromatic N) is 1. The topological polar surface area (TPSA) is 83.6 Å². The van der Waals surface area contributed by atoms with Crippen LogP contribution in [0.4, 0.5) is 5.69 Å². The predicted molar refractivity (Wildman–Crippen MR) is 124 cm³/mol. The minimum absolute atomic E-state index is 0.0374. The number of benzene rings is 2. The van der Waals surface area contributed by atoms with E-state index in [1.54, 1.807) is 18.2 Å². The number of rotatable bonds is 8. The van der Waals surface area contributed by atoms with Gasteiger partial charge in [0, 0.05) is 30.6 Å². The van der Waals surface area contributed by atoms with Crippen LogP contribution in [-0.4, -0.2) is 38.6 Å². The Morgan fingerprint density at radius 3 is 2.50 bits per heavy atom. The van der Waals surface area contributed by atoms with Crippen molar-refractivity contribution in [1.82, 2.24) is 5.32 Å². The molecule has 1 aliphatic carbocycles. The summed E-state index contributed by atoms with van der Waals surface area (Å²) in [6, 6.07) is 13.1. The number of carbonyl (C=O) groups is 2. The number of fused-ring (bicyclic) bond motifs is 1. The number of hydrogen-bond acceptors (Lipinski definition) is 4. The van der Waals surface area contributed by atoms with E-state index in [-0.39, 0.29) is 40.8 Å². The van der Waals surface area contributed by atoms with Gasteiger partial charge in [-0.05, 0) is 68.9 Å². The molecule has 1 unspecified atom stereocenters. The Balaban J connectivity index is 1.32. The van der Waals surface area contributed by atoms with Gasteiger partial charge in [-0.25, -0.2) is 8.42 Å². The summed E-state index contributed by atoms with van der Waals surface area (Å²) in [5.41, 5.74) is 4.02. The zero-order valence-electron chi connectivity index (χ0n) is 18.6. The van der Waals surface area contributed by atoms with Crippen LogP contribution in [0.3, 0.4) is 0 Å². The molecule has 4 rings (SSSR count). The maximum Gasteiger partial charge on any atom is 0.230 e. The summed E-state index contributed by atoms with van der Waals surface area (Å²) in [7, 11) is -3.58. The van der Waals surface area contributed by atoms with E-state index >= 15 is 0 Å². The first-order valence-corrected chi connectivity index (χ1v) is 12.9. The normalized spacial score (nSPS) is 17.8. The lowest BCUT2D eigenvalue weighted by Crippen LogP contribution is -2.36. The standard InChI is InChI=1S/C25H30N2O4S/c1-17-3-5-19(6-4-17)11-13-26-24(28)12-14-32(30,31)22-9-10-23-21(16-22)15-18(2)27(23)25(29)20-7-8-20/h3-6,9-10,16,18,20H,7-8,11-15H2,1-2H3,(H,26,28). The van der Waals surface area contributed by atoms with Gasteiger partial charge in [-0.1, -0.05) is 29.8 Å². The number of nitrogens with one attached hydrogen (secondary N) is 1. The fraction of sp³-hybridized carbons (Fsp3) is 0.440. The highest BCUT2D eigenvalue weighted by molar-refractivity contribution is 7.91. The second-order valence-electron chi connectivity index (χ2n) is 8.98. The SMILES string of the molecule is Cc1ccc(CCNC(=O)CCS(=O)(=O)c2ccc3c(c2)CC(C)N3C(=O)C2CC2)cc1. The zero-order chi connectivity index (χ0) is 22.9. The summed E-state index contributed by atoms with van der Waals surface area (Å²) in [5, 5.41) is 2.80. The van der Waals surface area contributed by atoms with Gasteiger partial charge in [0.25, 0.3) is 0 Å². The Morgan fingerprint density at radius 2 is 1.81 bits per heavy atom. The fourth-order valence-electron chi connectivity index (χ4n) is 4.20. The van der Waals surface area contributed by atoms with Crippen molar-refractivity contribution in [2.45, 2.75) is 56.9 Å². The third-order valence-electron chi connectivity index (χ3n) is 6.24. The Bertz CT molecular complexity index is 1120. The number of amides is 2. The molecule has 2 aromatic rings. The monoisotopic (exact) mass is 454 g/mol. The van der Waals surface area contributed by atoms with E-state index in [0.717, 1.165) is 29.7 Å². The quantitative estimate of drug-likeness (QED) is 0.664. The first-order valence-electron chi connectivity index (χ1n) is 11.3. The van der Waals surface area contributed by atoms with E-state index in [9.17, 15) is 18.0 Å². The first-order chi connectivity index (χ1) is 15.2. The number of sulfone groups is 1. The molecule has 1 fully saturated rings. The molecule has 32 heavy (non-hydrogen) atoms. The van der Waals surface area contributed by atoms with Crippen molar-refractivity contribution in [3.63, 3.8) is 0 Å². The van der Waals surface area contributed by atoms with Gasteiger partial charge in [0.1, 0.15) is 0 Å². The zero-order valence-corrected chi connectivity index (χ0v) is 19.5. The van der Waals surface area contributed by atoms with Gasteiger partial charge >= 0.3 is 0 Å². The van der Waals surface area contributed by atoms with Gasteiger partial charge in [0.05, 0.1) is 10.6 Å². The molecule has 1 saturated carbocycles. The van der Waals surface area contributed by atoms with E-state index in [1.807, 2.05) is 43.0 Å². The average Bonchev–Trinajstić information content (AvgIpc) is 3.55. The van der Waals surface area contributed by atoms with Crippen molar-refractivity contribution in [3.05, 3.63) is 59.2 Å². The first kappa shape index (κ1) is 22.5. The van der Waals surface area contributed by atoms with Gasteiger partial charge in [0.15, 0.2) is 9.84 Å². The van der Waals surface area contributed by atoms with Crippen molar-refractivity contribution in [1.29, 1.82) is 0 Å². The third-order valence-corrected chi connectivity index (χ3v) is 7.96. The molecule has 170 valence electrons. The summed E-state index contributed by atoms with van der Waals surface area (Å²) in [6.07, 6.45) is 3.17. The average molecular weight is 455 g/mol. The largest absolute Gasteiger partial charge is 0.356 e. The molecular formula is C25H30N2O4S. The maximum absolute atomic E-state index is 12.8. The van der Waals surface area contributed by atoms with Crippen molar-refractivity contribution in [2.75, 3.05) is 17.2 Å². The molecule has 7 heteroatoms. The molecular weight excluding hydrogens is 424 g/mol. The Hall–Kier alpha value is -2.67. The Labute approximate surface area is 189 Å². The van der Waals surface area contributed by atoms with Gasteiger partial charge in [0.2, 0.25) is 11.8 Å². The lowest BCUT2D eigenvalue weighted by atomic mass is 10.1. The molecule has 2 aromatic carbocycles. The second-order valence-corrected chi connectivity index (χ2v) is 11.1. The van der Waals surface area contributed by atoms with Crippen LogP contribution in [0.25, 0.3) is 0 Å². The van der Waals surface area contributed by atoms with Crippen LogP contribution >= 0.6 is 0 Å². The van der Waals surface area contributed by atoms with Gasteiger partial charge in [-0.15, -0.1) is 0 Å². The van der Waals surface area contributed by atoms with Gasteiger partial charge in [-0.2, -0.15) is 0 Å². The summed E-state index contributed by atoms with van der Waals surface area (Å²) in [4.78, 5) is 26.8. The molecule has 0 spiro atoms. The van der Waals surface area contributed by atoms with Crippen molar-refractivity contribution in [2.24, 2.45) is 5.92 Å². The van der Waals surface area contributed by atoms with Crippen LogP contribution in [-0.2, 0) is 32.3 Å². The number of anilines is 1. The van der Waals surface area contributed by atoms with Crippen LogP contribution in [0.1, 0.15) is 42.9 Å². The highest BCUT2D eigenvalue weighted by atomic mass is 32.2. The summed E-state index contributed by atoms with van der Waals surface area (Å²) in [6.45, 7) is 4.50. The number of hydrogen-bond donors (Lipinski definition) is 1. The molecule has 1 N–H and O–H groups in total. The van der Waals surface area contributed by atoms with Gasteiger partial charge in [-0.3, -0.25) is 9.59 Å². The highest BCUT2D eigenvalue weighted by Crippen LogP contribution is 2.39. The van der Waals surface area contributed by atoms with E-state index in [4.69, 9.17) is 0 Å². The molecule has 6 nitrogen and oxygen atoms in total. The van der Waals surface area contributed by atoms with E-state index < -0.39 is 9.84 Å². The summed E-state index contributed by atoms with van der Waals surface area (Å²) >= 11 is 0. The number of aryl methyl sites for hydroxylation is 1. The Kier molecular flexibility index (Phi) is 6.38. The smallest absolute Gasteiger partial charge is 0.230 e. The maximum atomic E-state index is 12.8. The molecule has 1 aliphatic heterocycles. The van der Waals surface area contributed by atoms with Crippen molar-refractivity contribution >= 4 is 27.3 Å². The summed E-state index contributed by atoms with van der Waals surface area (Å²) in [5.74, 6) is -0.232. The van der Waals surface area contributed by atoms with E-state index in [1.165, 1.54) is 5.56 Å². The lowest BCUT2D eigenvalue weighted by molar-refractivity contribution is -0.121. The molecule has 2 aliphatic rings. The van der Waals surface area contributed by atoms with Crippen LogP contribution in [0.15, 0.2) is 47.4 Å². The molecule has 2 amide bonds. The molecule has 0 radical (unpaired) electrons. The van der Waals surface area contributed by atoms with Crippen LogP contribution < -0.4 is 10.2 Å². The lowest BCUT2D eigenvalue weighted by Gasteiger charge is -2.22. The molecule has 1 atom stereocenters. The van der Waals surface area contributed by atoms with Crippen molar-refractivity contribution < 1.29 is 18.0 Å². The molecule has 1 heterocycles. The van der Waals surface area contributed by atoms with Crippen molar-refractivity contribution in [3.8, 4) is 0 Å². The van der Waals surface area contributed by atoms with Crippen LogP contribution in [0.2, 0.25) is 0 Å². The summed E-state index contributed by atoms with van der Waals surface area (Å²) < 4.78 is 25.6. The minimum Gasteiger partial charge on any atom is -0.356 e. The molecule has 0 saturated heterocycles. The third kappa shape index (κ3) is 5.04. The van der Waals surface area contributed by atoms with Gasteiger partial charge < -0.3 is 10.2 Å².